The summed E-state index contributed by atoms with van der Waals surface area (Å²) in [5, 5.41) is 12.8. The molecule has 1 spiro atoms. The Balaban J connectivity index is 1.08. The molecule has 2 aliphatic carbocycles. The van der Waals surface area contributed by atoms with Gasteiger partial charge in [0.2, 0.25) is 10.0 Å². The maximum Gasteiger partial charge on any atom is 0.267 e. The second kappa shape index (κ2) is 14.3. The summed E-state index contributed by atoms with van der Waals surface area (Å²) in [5.74, 6) is 6.53. The molecule has 4 aromatic heterocycles. The van der Waals surface area contributed by atoms with Crippen molar-refractivity contribution in [2.24, 2.45) is 5.41 Å². The van der Waals surface area contributed by atoms with Crippen LogP contribution in [0.15, 0.2) is 46.8 Å². The molecule has 3 fully saturated rings. The summed E-state index contributed by atoms with van der Waals surface area (Å²) in [6.07, 6.45) is 11.5. The van der Waals surface area contributed by atoms with E-state index in [0.29, 0.717) is 67.1 Å². The van der Waals surface area contributed by atoms with Gasteiger partial charge in [-0.15, -0.1) is 11.3 Å². The highest BCUT2D eigenvalue weighted by Crippen LogP contribution is 2.62. The van der Waals surface area contributed by atoms with Gasteiger partial charge in [-0.1, -0.05) is 23.4 Å². The molecular weight excluding hydrogens is 756 g/mol. The predicted octanol–water partition coefficient (Wildman–Crippen LogP) is 5.88. The van der Waals surface area contributed by atoms with E-state index in [0.717, 1.165) is 32.2 Å². The third-order valence-corrected chi connectivity index (χ3v) is 13.1. The number of aromatic nitrogens is 4. The quantitative estimate of drug-likeness (QED) is 0.189. The number of carbonyl (C=O) groups excluding carboxylic acids is 1. The van der Waals surface area contributed by atoms with Crippen LogP contribution in [0, 0.1) is 35.5 Å². The number of piperidine rings is 1. The summed E-state index contributed by atoms with van der Waals surface area (Å²) < 4.78 is 27.6. The maximum atomic E-state index is 14.2. The molecule has 12 nitrogen and oxygen atoms in total. The number of nitrogens with one attached hydrogen (secondary N) is 1. The average molecular weight is 795 g/mol. The van der Waals surface area contributed by atoms with E-state index in [4.69, 9.17) is 16.6 Å². The maximum absolute atomic E-state index is 14.2. The van der Waals surface area contributed by atoms with Crippen molar-refractivity contribution in [3.8, 4) is 29.0 Å². The summed E-state index contributed by atoms with van der Waals surface area (Å²) in [6, 6.07) is 10.3. The number of nitrogens with zero attached hydrogens (tertiary/aromatic N) is 7. The van der Waals surface area contributed by atoms with E-state index in [1.54, 1.807) is 49.0 Å². The molecule has 0 bridgehead atoms. The van der Waals surface area contributed by atoms with Crippen LogP contribution in [-0.2, 0) is 16.6 Å². The number of amides is 1. The van der Waals surface area contributed by atoms with Gasteiger partial charge in [0, 0.05) is 65.0 Å². The van der Waals surface area contributed by atoms with Gasteiger partial charge in [-0.3, -0.25) is 19.1 Å². The molecule has 1 saturated heterocycles. The lowest BCUT2D eigenvalue weighted by molar-refractivity contribution is 0.0454. The minimum Gasteiger partial charge on any atom is -0.353 e. The minimum atomic E-state index is -3.77. The van der Waals surface area contributed by atoms with Crippen LogP contribution in [0.25, 0.3) is 32.2 Å². The lowest BCUT2D eigenvalue weighted by atomic mass is 9.75. The van der Waals surface area contributed by atoms with Crippen LogP contribution >= 0.6 is 22.9 Å². The van der Waals surface area contributed by atoms with Gasteiger partial charge in [0.25, 0.3) is 11.5 Å². The number of pyridine rings is 2. The predicted molar refractivity (Wildman–Crippen MR) is 215 cm³/mol. The number of sulfonamides is 1. The molecule has 55 heavy (non-hydrogen) atoms. The van der Waals surface area contributed by atoms with Crippen LogP contribution in [0.4, 0.5) is 5.82 Å². The molecule has 15 heteroatoms. The molecule has 1 amide bonds. The van der Waals surface area contributed by atoms with Crippen molar-refractivity contribution in [2.75, 3.05) is 30.8 Å². The lowest BCUT2D eigenvalue weighted by Crippen LogP contribution is -2.52. The number of hydrogen-bond donors (Lipinski definition) is 1. The average Bonchev–Trinajstić information content (AvgIpc) is 3.83. The molecule has 282 valence electrons. The molecule has 2 saturated carbocycles. The van der Waals surface area contributed by atoms with Crippen molar-refractivity contribution in [1.82, 2.24) is 29.1 Å². The van der Waals surface area contributed by atoms with Gasteiger partial charge in [0.05, 0.1) is 45.7 Å². The van der Waals surface area contributed by atoms with E-state index < -0.39 is 15.9 Å². The molecule has 1 N–H and O–H groups in total. The van der Waals surface area contributed by atoms with Gasteiger partial charge >= 0.3 is 0 Å². The van der Waals surface area contributed by atoms with E-state index in [9.17, 15) is 23.3 Å². The van der Waals surface area contributed by atoms with E-state index in [1.807, 2.05) is 4.72 Å². The summed E-state index contributed by atoms with van der Waals surface area (Å²) in [6.45, 7) is 6.54. The number of nitriles is 1. The highest BCUT2D eigenvalue weighted by Gasteiger charge is 2.54. The molecule has 0 radical (unpaired) electrons. The largest absolute Gasteiger partial charge is 0.353 e. The number of thiophene rings is 1. The Labute approximate surface area is 328 Å². The Morgan fingerprint density at radius 3 is 2.62 bits per heavy atom. The Morgan fingerprint density at radius 2 is 1.93 bits per heavy atom. The SMILES string of the molecule is CCN(c1ncc2nc(C)n(CC#Cc3ccc(Cl)cc3-c3ccnc4c(C(=O)NS(C)(=O)=O)csc34)c(=O)c2c1C#N)C1CCN(C2CC3(CC3)C2)CC1. The number of anilines is 1. The second-order valence-corrected chi connectivity index (χ2v) is 17.9. The zero-order valence-electron chi connectivity index (χ0n) is 30.7. The molecule has 1 aliphatic heterocycles. The molecule has 0 atom stereocenters. The van der Waals surface area contributed by atoms with Gasteiger partial charge in [-0.25, -0.2) is 23.1 Å². The number of likely N-dealkylation sites (tertiary alicyclic amines) is 1. The highest BCUT2D eigenvalue weighted by molar-refractivity contribution is 7.89. The van der Waals surface area contributed by atoms with Gasteiger partial charge in [-0.05, 0) is 82.1 Å². The lowest BCUT2D eigenvalue weighted by Gasteiger charge is -2.48. The Kier molecular flexibility index (Phi) is 9.66. The number of halogens is 1. The molecule has 3 aliphatic rings. The fourth-order valence-corrected chi connectivity index (χ4v) is 9.99. The van der Waals surface area contributed by atoms with Gasteiger partial charge < -0.3 is 9.80 Å². The Hall–Kier alpha value is -4.86. The van der Waals surface area contributed by atoms with E-state index >= 15 is 0 Å². The van der Waals surface area contributed by atoms with Crippen molar-refractivity contribution in [2.45, 2.75) is 71.0 Å². The zero-order chi connectivity index (χ0) is 38.6. The van der Waals surface area contributed by atoms with Crippen LogP contribution in [-0.4, -0.2) is 76.7 Å². The topological polar surface area (TPSA) is 154 Å². The summed E-state index contributed by atoms with van der Waals surface area (Å²) >= 11 is 7.71. The Bertz CT molecular complexity index is 2650. The van der Waals surface area contributed by atoms with Crippen LogP contribution in [0.5, 0.6) is 0 Å². The molecular formula is C40H39ClN8O4S2. The van der Waals surface area contributed by atoms with Gasteiger partial charge in [-0.2, -0.15) is 5.26 Å². The first-order chi connectivity index (χ1) is 26.4. The minimum absolute atomic E-state index is 0.0111. The molecule has 8 rings (SSSR count). The first-order valence-electron chi connectivity index (χ1n) is 18.4. The Morgan fingerprint density at radius 1 is 1.16 bits per heavy atom. The third kappa shape index (κ3) is 7.09. The third-order valence-electron chi connectivity index (χ3n) is 11.4. The normalized spacial score (nSPS) is 17.1. The van der Waals surface area contributed by atoms with Gasteiger partial charge in [0.1, 0.15) is 23.3 Å². The van der Waals surface area contributed by atoms with Crippen LogP contribution < -0.4 is 15.2 Å². The first-order valence-corrected chi connectivity index (χ1v) is 21.5. The number of hydrogen-bond acceptors (Lipinski definition) is 11. The fourth-order valence-electron chi connectivity index (χ4n) is 8.34. The second-order valence-electron chi connectivity index (χ2n) is 14.9. The standard InChI is InChI=1S/C40H39ClN8O4S2/c1-4-48(27-10-16-47(17-11-27)28-19-40(20-28)12-13-40)37-31(21-42)34-33(22-44-37)45-24(2)49(39(34)51)15-5-6-25-7-8-26(41)18-30(25)29-9-14-43-35-32(23-54-36(29)35)38(50)46-55(3,52)53/h7-9,14,18,22-23,27-28H,4,10-13,15-17,19-20H2,1-3H3,(H,46,50). The number of aryl methyl sites for hydroxylation is 1. The van der Waals surface area contributed by atoms with Crippen LogP contribution in [0.2, 0.25) is 5.02 Å². The monoisotopic (exact) mass is 794 g/mol. The number of fused-ring (bicyclic) bond motifs is 2. The van der Waals surface area contributed by atoms with Gasteiger partial charge in [0.15, 0.2) is 0 Å². The van der Waals surface area contributed by atoms with Crippen molar-refractivity contribution in [3.05, 3.63) is 79.9 Å². The molecule has 0 unspecified atom stereocenters. The highest BCUT2D eigenvalue weighted by atomic mass is 35.5. The van der Waals surface area contributed by atoms with Crippen LogP contribution in [0.3, 0.4) is 0 Å². The zero-order valence-corrected chi connectivity index (χ0v) is 33.1. The molecule has 1 aromatic carbocycles. The van der Waals surface area contributed by atoms with Crippen molar-refractivity contribution in [3.63, 3.8) is 0 Å². The summed E-state index contributed by atoms with van der Waals surface area (Å²) in [5.41, 5.74) is 3.42. The van der Waals surface area contributed by atoms with E-state index in [1.165, 1.54) is 41.6 Å². The smallest absolute Gasteiger partial charge is 0.267 e. The number of benzene rings is 1. The number of rotatable bonds is 8. The summed E-state index contributed by atoms with van der Waals surface area (Å²) in [4.78, 5) is 45.6. The number of carbonyl (C=O) groups is 1. The van der Waals surface area contributed by atoms with Crippen molar-refractivity contribution in [1.29, 1.82) is 5.26 Å². The molecule has 5 heterocycles. The molecule has 5 aromatic rings. The van der Waals surface area contributed by atoms with E-state index in [-0.39, 0.29) is 34.7 Å². The van der Waals surface area contributed by atoms with Crippen LogP contribution in [0.1, 0.15) is 72.8 Å². The fraction of sp³-hybridized carbons (Fsp3) is 0.400. The first kappa shape index (κ1) is 37.1. The van der Waals surface area contributed by atoms with Crippen molar-refractivity contribution >= 4 is 65.8 Å². The van der Waals surface area contributed by atoms with E-state index in [2.05, 4.69) is 44.6 Å². The summed E-state index contributed by atoms with van der Waals surface area (Å²) in [7, 11) is -3.77. The van der Waals surface area contributed by atoms with Crippen molar-refractivity contribution < 1.29 is 13.2 Å².